The Labute approximate surface area is 110 Å². The Morgan fingerprint density at radius 3 is 2.82 bits per heavy atom. The highest BCUT2D eigenvalue weighted by atomic mass is 32.2. The van der Waals surface area contributed by atoms with Gasteiger partial charge in [0.05, 0.1) is 5.75 Å². The van der Waals surface area contributed by atoms with Crippen molar-refractivity contribution in [3.63, 3.8) is 0 Å². The number of rotatable bonds is 7. The van der Waals surface area contributed by atoms with Crippen molar-refractivity contribution >= 4 is 44.0 Å². The lowest BCUT2D eigenvalue weighted by atomic mass is 10.5. The second kappa shape index (κ2) is 6.46. The number of nitrogens with one attached hydrogen (secondary N) is 1. The SMILES string of the molecule is CCS(=O)(=O)c1c(N)nsc1NCCCSC. The van der Waals surface area contributed by atoms with E-state index in [-0.39, 0.29) is 16.5 Å². The van der Waals surface area contributed by atoms with E-state index in [1.54, 1.807) is 18.7 Å². The van der Waals surface area contributed by atoms with Crippen LogP contribution in [-0.2, 0) is 9.84 Å². The van der Waals surface area contributed by atoms with Crippen molar-refractivity contribution in [3.05, 3.63) is 0 Å². The van der Waals surface area contributed by atoms with E-state index in [0.29, 0.717) is 5.00 Å². The molecule has 98 valence electrons. The molecule has 1 aromatic heterocycles. The van der Waals surface area contributed by atoms with E-state index >= 15 is 0 Å². The van der Waals surface area contributed by atoms with Crippen LogP contribution in [0.2, 0.25) is 0 Å². The molecule has 0 aliphatic carbocycles. The van der Waals surface area contributed by atoms with E-state index in [1.165, 1.54) is 0 Å². The minimum atomic E-state index is -3.30. The molecule has 0 bridgehead atoms. The molecular formula is C9H17N3O2S3. The van der Waals surface area contributed by atoms with Crippen molar-refractivity contribution in [1.82, 2.24) is 4.37 Å². The molecule has 3 N–H and O–H groups in total. The zero-order chi connectivity index (χ0) is 12.9. The molecule has 1 heterocycles. The lowest BCUT2D eigenvalue weighted by molar-refractivity contribution is 0.598. The lowest BCUT2D eigenvalue weighted by Crippen LogP contribution is -2.10. The van der Waals surface area contributed by atoms with Crippen molar-refractivity contribution in [1.29, 1.82) is 0 Å². The van der Waals surface area contributed by atoms with Crippen molar-refractivity contribution in [2.75, 3.05) is 35.4 Å². The maximum Gasteiger partial charge on any atom is 0.184 e. The van der Waals surface area contributed by atoms with Gasteiger partial charge in [-0.05, 0) is 30.0 Å². The van der Waals surface area contributed by atoms with Crippen LogP contribution in [0, 0.1) is 0 Å². The van der Waals surface area contributed by atoms with E-state index in [9.17, 15) is 8.42 Å². The summed E-state index contributed by atoms with van der Waals surface area (Å²) in [5.41, 5.74) is 5.61. The maximum absolute atomic E-state index is 11.8. The molecule has 5 nitrogen and oxygen atoms in total. The molecular weight excluding hydrogens is 278 g/mol. The number of hydrogen-bond acceptors (Lipinski definition) is 7. The van der Waals surface area contributed by atoms with Gasteiger partial charge in [0.15, 0.2) is 15.7 Å². The molecule has 0 fully saturated rings. The Hall–Kier alpha value is -0.470. The van der Waals surface area contributed by atoms with Crippen LogP contribution >= 0.6 is 23.3 Å². The Balaban J connectivity index is 2.81. The van der Waals surface area contributed by atoms with Crippen LogP contribution in [0.1, 0.15) is 13.3 Å². The molecule has 0 aromatic carbocycles. The topological polar surface area (TPSA) is 85.1 Å². The summed E-state index contributed by atoms with van der Waals surface area (Å²) < 4.78 is 27.6. The second-order valence-electron chi connectivity index (χ2n) is 3.40. The van der Waals surface area contributed by atoms with Gasteiger partial charge in [-0.2, -0.15) is 16.1 Å². The van der Waals surface area contributed by atoms with Crippen LogP contribution in [-0.4, -0.2) is 37.1 Å². The monoisotopic (exact) mass is 295 g/mol. The van der Waals surface area contributed by atoms with Crippen LogP contribution in [0.5, 0.6) is 0 Å². The first-order valence-corrected chi connectivity index (χ1v) is 9.05. The van der Waals surface area contributed by atoms with Crippen LogP contribution in [0.4, 0.5) is 10.8 Å². The smallest absolute Gasteiger partial charge is 0.184 e. The average Bonchev–Trinajstić information content (AvgIpc) is 2.67. The summed E-state index contributed by atoms with van der Waals surface area (Å²) in [6.45, 7) is 2.33. The van der Waals surface area contributed by atoms with Crippen molar-refractivity contribution in [2.45, 2.75) is 18.2 Å². The van der Waals surface area contributed by atoms with Gasteiger partial charge in [-0.3, -0.25) is 0 Å². The van der Waals surface area contributed by atoms with E-state index in [1.807, 2.05) is 6.26 Å². The van der Waals surface area contributed by atoms with Crippen LogP contribution in [0.25, 0.3) is 0 Å². The number of hydrogen-bond donors (Lipinski definition) is 2. The van der Waals surface area contributed by atoms with Gasteiger partial charge >= 0.3 is 0 Å². The fourth-order valence-electron chi connectivity index (χ4n) is 1.27. The van der Waals surface area contributed by atoms with Gasteiger partial charge in [-0.25, -0.2) is 8.42 Å². The third-order valence-corrected chi connectivity index (χ3v) is 5.62. The second-order valence-corrected chi connectivity index (χ2v) is 7.38. The number of nitrogens with two attached hydrogens (primary N) is 1. The predicted octanol–water partition coefficient (Wildman–Crippen LogP) is 1.68. The van der Waals surface area contributed by atoms with Crippen molar-refractivity contribution in [3.8, 4) is 0 Å². The van der Waals surface area contributed by atoms with Crippen LogP contribution < -0.4 is 11.1 Å². The third-order valence-electron chi connectivity index (χ3n) is 2.18. The number of sulfone groups is 1. The number of aromatic nitrogens is 1. The summed E-state index contributed by atoms with van der Waals surface area (Å²) in [6.07, 6.45) is 3.02. The molecule has 0 saturated carbocycles. The van der Waals surface area contributed by atoms with Gasteiger partial charge in [-0.1, -0.05) is 6.92 Å². The Morgan fingerprint density at radius 2 is 2.24 bits per heavy atom. The number of thioether (sulfide) groups is 1. The first kappa shape index (κ1) is 14.6. The highest BCUT2D eigenvalue weighted by Crippen LogP contribution is 2.32. The van der Waals surface area contributed by atoms with Gasteiger partial charge in [0.25, 0.3) is 0 Å². The summed E-state index contributed by atoms with van der Waals surface area (Å²) in [4.78, 5) is 0.161. The molecule has 8 heteroatoms. The molecule has 1 aromatic rings. The zero-order valence-corrected chi connectivity index (χ0v) is 12.3. The van der Waals surface area contributed by atoms with Gasteiger partial charge in [-0.15, -0.1) is 0 Å². The highest BCUT2D eigenvalue weighted by Gasteiger charge is 2.23. The Morgan fingerprint density at radius 1 is 1.53 bits per heavy atom. The molecule has 0 aliphatic heterocycles. The van der Waals surface area contributed by atoms with E-state index < -0.39 is 9.84 Å². The summed E-state index contributed by atoms with van der Waals surface area (Å²) >= 11 is 2.87. The number of nitrogen functional groups attached to an aromatic ring is 1. The highest BCUT2D eigenvalue weighted by molar-refractivity contribution is 7.98. The average molecular weight is 295 g/mol. The molecule has 0 spiro atoms. The third kappa shape index (κ3) is 3.75. The minimum absolute atomic E-state index is 0.0368. The quantitative estimate of drug-likeness (QED) is 0.745. The molecule has 0 aliphatic rings. The minimum Gasteiger partial charge on any atom is -0.382 e. The number of anilines is 2. The maximum atomic E-state index is 11.8. The lowest BCUT2D eigenvalue weighted by Gasteiger charge is -2.06. The summed E-state index contributed by atoms with van der Waals surface area (Å²) in [7, 11) is -3.30. The molecule has 0 amide bonds. The van der Waals surface area contributed by atoms with Crippen LogP contribution in [0.15, 0.2) is 4.90 Å². The Bertz CT molecular complexity index is 456. The fraction of sp³-hybridized carbons (Fsp3) is 0.667. The molecule has 0 atom stereocenters. The molecule has 0 unspecified atom stereocenters. The Kier molecular flexibility index (Phi) is 5.54. The summed E-state index contributed by atoms with van der Waals surface area (Å²) in [5.74, 6) is 1.18. The van der Waals surface area contributed by atoms with E-state index in [2.05, 4.69) is 9.69 Å². The zero-order valence-electron chi connectivity index (χ0n) is 9.89. The van der Waals surface area contributed by atoms with Gasteiger partial charge in [0, 0.05) is 6.54 Å². The van der Waals surface area contributed by atoms with E-state index in [4.69, 9.17) is 5.73 Å². The largest absolute Gasteiger partial charge is 0.382 e. The van der Waals surface area contributed by atoms with Crippen molar-refractivity contribution in [2.24, 2.45) is 0 Å². The van der Waals surface area contributed by atoms with Crippen molar-refractivity contribution < 1.29 is 8.42 Å². The first-order chi connectivity index (χ1) is 8.03. The normalized spacial score (nSPS) is 11.6. The van der Waals surface area contributed by atoms with E-state index in [0.717, 1.165) is 30.3 Å². The molecule has 17 heavy (non-hydrogen) atoms. The van der Waals surface area contributed by atoms with Crippen LogP contribution in [0.3, 0.4) is 0 Å². The standard InChI is InChI=1S/C9H17N3O2S3/c1-3-17(13,14)7-8(10)12-16-9(7)11-5-4-6-15-2/h11H,3-6H2,1-2H3,(H2,10,12). The first-order valence-electron chi connectivity index (χ1n) is 5.23. The van der Waals surface area contributed by atoms with Gasteiger partial charge in [0.2, 0.25) is 0 Å². The molecule has 1 rings (SSSR count). The summed E-state index contributed by atoms with van der Waals surface area (Å²) in [5, 5.41) is 3.65. The van der Waals surface area contributed by atoms with Gasteiger partial charge < -0.3 is 11.1 Å². The number of nitrogens with zero attached hydrogens (tertiary/aromatic N) is 1. The fourth-order valence-corrected chi connectivity index (χ4v) is 3.90. The van der Waals surface area contributed by atoms with Gasteiger partial charge in [0.1, 0.15) is 9.90 Å². The molecule has 0 saturated heterocycles. The molecule has 0 radical (unpaired) electrons. The predicted molar refractivity (Wildman–Crippen MR) is 75.7 cm³/mol. The summed E-state index contributed by atoms with van der Waals surface area (Å²) in [6, 6.07) is 0.